The quantitative estimate of drug-likeness (QED) is 0.0449. The number of esters is 1. The van der Waals surface area contributed by atoms with Gasteiger partial charge in [-0.1, -0.05) is 84.0 Å². The predicted molar refractivity (Wildman–Crippen MR) is 144 cm³/mol. The van der Waals surface area contributed by atoms with Gasteiger partial charge in [-0.25, -0.2) is 0 Å². The van der Waals surface area contributed by atoms with Crippen molar-refractivity contribution in [3.05, 3.63) is 0 Å². The summed E-state index contributed by atoms with van der Waals surface area (Å²) >= 11 is 0. The maximum atomic E-state index is 12.6. The van der Waals surface area contributed by atoms with Crippen molar-refractivity contribution < 1.29 is 90.5 Å². The zero-order valence-electron chi connectivity index (χ0n) is 25.8. The fourth-order valence-corrected chi connectivity index (χ4v) is 5.26. The average molecular weight is 605 g/mol. The molecule has 9 atom stereocenters. The van der Waals surface area contributed by atoms with Gasteiger partial charge in [0.1, 0.15) is 43.2 Å². The fraction of sp³-hybridized carbons (Fsp3) is 0.964. The Bertz CT molecular complexity index is 708. The summed E-state index contributed by atoms with van der Waals surface area (Å²) in [7, 11) is 0. The van der Waals surface area contributed by atoms with E-state index in [1.807, 2.05) is 0 Å². The third-order valence-corrected chi connectivity index (χ3v) is 7.78. The van der Waals surface area contributed by atoms with Gasteiger partial charge in [0, 0.05) is 6.42 Å². The molecule has 0 bridgehead atoms. The molecule has 0 unspecified atom stereocenters. The minimum absolute atomic E-state index is 0. The van der Waals surface area contributed by atoms with E-state index in [2.05, 4.69) is 6.92 Å². The van der Waals surface area contributed by atoms with Crippen LogP contribution in [-0.4, -0.2) is 116 Å². The van der Waals surface area contributed by atoms with Crippen LogP contribution in [-0.2, 0) is 23.7 Å². The van der Waals surface area contributed by atoms with Gasteiger partial charge in [-0.3, -0.25) is 4.79 Å². The summed E-state index contributed by atoms with van der Waals surface area (Å²) in [5.74, 6) is -2.91. The van der Waals surface area contributed by atoms with E-state index >= 15 is 0 Å². The van der Waals surface area contributed by atoms with Gasteiger partial charge in [-0.2, -0.15) is 0 Å². The summed E-state index contributed by atoms with van der Waals surface area (Å²) < 4.78 is 21.9. The Labute approximate surface area is 267 Å². The summed E-state index contributed by atoms with van der Waals surface area (Å²) in [6.45, 7) is -0.142. The van der Waals surface area contributed by atoms with Crippen LogP contribution in [0.1, 0.15) is 98.2 Å². The summed E-state index contributed by atoms with van der Waals surface area (Å²) in [6, 6.07) is 0. The normalized spacial score (nSPS) is 33.5. The summed E-state index contributed by atoms with van der Waals surface area (Å²) in [5.41, 5.74) is 0. The second kappa shape index (κ2) is 20.9. The third-order valence-electron chi connectivity index (χ3n) is 7.78. The molecule has 2 fully saturated rings. The molecule has 2 heterocycles. The van der Waals surface area contributed by atoms with Crippen molar-refractivity contribution in [3.63, 3.8) is 0 Å². The number of carbonyl (C=O) groups is 1. The monoisotopic (exact) mass is 604 g/mol. The van der Waals surface area contributed by atoms with Crippen LogP contribution in [0.2, 0.25) is 0 Å². The zero-order chi connectivity index (χ0) is 29.5. The van der Waals surface area contributed by atoms with Crippen molar-refractivity contribution in [1.29, 1.82) is 0 Å². The van der Waals surface area contributed by atoms with Crippen LogP contribution in [0.3, 0.4) is 0 Å². The average Bonchev–Trinajstić information content (AvgIpc) is 3.21. The van der Waals surface area contributed by atoms with Crippen LogP contribution in [0.5, 0.6) is 0 Å². The first kappa shape index (κ1) is 39.1. The molecule has 0 amide bonds. The van der Waals surface area contributed by atoms with Crippen molar-refractivity contribution in [2.24, 2.45) is 0 Å². The number of rotatable bonds is 20. The number of aliphatic hydroxyl groups is 7. The van der Waals surface area contributed by atoms with Crippen molar-refractivity contribution in [2.45, 2.75) is 152 Å². The molecule has 2 aliphatic rings. The number of hydrogen-bond acceptors (Lipinski definition) is 12. The van der Waals surface area contributed by atoms with Crippen LogP contribution in [0.15, 0.2) is 0 Å². The van der Waals surface area contributed by atoms with Crippen molar-refractivity contribution in [3.8, 4) is 0 Å². The fourth-order valence-electron chi connectivity index (χ4n) is 5.26. The van der Waals surface area contributed by atoms with E-state index < -0.39 is 80.6 Å². The number of unbranched alkanes of at least 4 members (excludes halogenated alkanes) is 12. The summed E-state index contributed by atoms with van der Waals surface area (Å²) in [5, 5.41) is 70.2. The van der Waals surface area contributed by atoms with Gasteiger partial charge in [-0.05, 0) is 6.42 Å². The van der Waals surface area contributed by atoms with Gasteiger partial charge in [0.15, 0.2) is 12.4 Å². The number of aliphatic hydroxyl groups excluding tert-OH is 7. The Balaban J connectivity index is 0.00000840. The molecule has 2 rings (SSSR count). The van der Waals surface area contributed by atoms with E-state index in [1.54, 1.807) is 0 Å². The number of hydrogen-bond donors (Lipinski definition) is 7. The van der Waals surface area contributed by atoms with Gasteiger partial charge in [0.05, 0.1) is 13.2 Å². The maximum absolute atomic E-state index is 12.6. The summed E-state index contributed by atoms with van der Waals surface area (Å²) in [6.07, 6.45) is 2.37. The Hall–Kier alpha value is 0.0700. The SMILES string of the molecule is CCCCCCCCCCCCCCCC(=O)O[C@H]1[C@H](O)[C@@H](CO)O[C@@]1(CO)O[C@H]1O[C@H](CO)[C@@H](O)[C@H](O)[C@H]1O.[H-].[Na+]. The van der Waals surface area contributed by atoms with Crippen LogP contribution in [0.25, 0.3) is 0 Å². The van der Waals surface area contributed by atoms with E-state index in [0.29, 0.717) is 6.42 Å². The molecule has 0 saturated carbocycles. The molecule has 0 aromatic carbocycles. The first-order valence-electron chi connectivity index (χ1n) is 15.0. The van der Waals surface area contributed by atoms with Gasteiger partial charge < -0.3 is 56.1 Å². The molecule has 0 spiro atoms. The first-order valence-corrected chi connectivity index (χ1v) is 15.0. The van der Waals surface area contributed by atoms with E-state index in [1.165, 1.54) is 57.8 Å². The molecule has 2 saturated heterocycles. The van der Waals surface area contributed by atoms with Gasteiger partial charge in [-0.15, -0.1) is 0 Å². The van der Waals surface area contributed by atoms with Crippen LogP contribution < -0.4 is 29.6 Å². The molecule has 12 nitrogen and oxygen atoms in total. The predicted octanol–water partition coefficient (Wildman–Crippen LogP) is -2.25. The van der Waals surface area contributed by atoms with Crippen LogP contribution in [0, 0.1) is 0 Å². The third kappa shape index (κ3) is 11.8. The second-order valence-electron chi connectivity index (χ2n) is 11.0. The summed E-state index contributed by atoms with van der Waals surface area (Å²) in [4.78, 5) is 12.6. The molecule has 13 heteroatoms. The molecule has 2 aliphatic heterocycles. The smallest absolute Gasteiger partial charge is 1.00 e. The van der Waals surface area contributed by atoms with Crippen molar-refractivity contribution >= 4 is 5.97 Å². The van der Waals surface area contributed by atoms with E-state index in [9.17, 15) is 40.5 Å². The molecular formula is C28H53NaO12. The van der Waals surface area contributed by atoms with Gasteiger partial charge >= 0.3 is 35.5 Å². The van der Waals surface area contributed by atoms with Crippen LogP contribution >= 0.6 is 0 Å². The van der Waals surface area contributed by atoms with E-state index in [4.69, 9.17) is 18.9 Å². The van der Waals surface area contributed by atoms with Crippen molar-refractivity contribution in [2.75, 3.05) is 19.8 Å². The Kier molecular flexibility index (Phi) is 19.9. The Morgan fingerprint density at radius 2 is 1.24 bits per heavy atom. The topological polar surface area (TPSA) is 196 Å². The van der Waals surface area contributed by atoms with Gasteiger partial charge in [0.2, 0.25) is 5.79 Å². The molecule has 0 radical (unpaired) electrons. The minimum Gasteiger partial charge on any atom is -1.00 e. The van der Waals surface area contributed by atoms with Crippen LogP contribution in [0.4, 0.5) is 0 Å². The number of ether oxygens (including phenoxy) is 4. The molecule has 0 aliphatic carbocycles. The number of carbonyl (C=O) groups excluding carboxylic acids is 1. The van der Waals surface area contributed by atoms with E-state index in [-0.39, 0.29) is 37.4 Å². The largest absolute Gasteiger partial charge is 1.00 e. The first-order chi connectivity index (χ1) is 19.2. The molecule has 0 aromatic heterocycles. The Morgan fingerprint density at radius 1 is 0.732 bits per heavy atom. The van der Waals surface area contributed by atoms with Gasteiger partial charge in [0.25, 0.3) is 0 Å². The van der Waals surface area contributed by atoms with E-state index in [0.717, 1.165) is 19.3 Å². The standard InChI is InChI=1S/C28H52O12.Na.H/c1-2-3-4-5-6-7-8-9-10-11-12-13-14-15-21(32)38-26-23(34)20(17-30)39-28(26,18-31)40-27-25(36)24(35)22(33)19(16-29)37-27;;/h19-20,22-27,29-31,33-36H,2-18H2,1H3;;/q;+1;-1/t19-,20-,22-,23-,24+,25-,26+,27-,28+;;/m1../s1. The second-order valence-corrected chi connectivity index (χ2v) is 11.0. The van der Waals surface area contributed by atoms with Crippen molar-refractivity contribution in [1.82, 2.24) is 0 Å². The molecule has 238 valence electrons. The molecular weight excluding hydrogens is 551 g/mol. The Morgan fingerprint density at radius 3 is 1.73 bits per heavy atom. The molecule has 0 aromatic rings. The molecule has 41 heavy (non-hydrogen) atoms. The minimum atomic E-state index is -2.24. The zero-order valence-corrected chi connectivity index (χ0v) is 26.8. The molecule has 7 N–H and O–H groups in total. The maximum Gasteiger partial charge on any atom is 1.00 e.